The van der Waals surface area contributed by atoms with E-state index in [4.69, 9.17) is 4.74 Å². The quantitative estimate of drug-likeness (QED) is 0.708. The molecule has 3 heteroatoms. The van der Waals surface area contributed by atoms with Gasteiger partial charge in [0.15, 0.2) is 12.1 Å². The number of ether oxygens (including phenoxy) is 1. The van der Waals surface area contributed by atoms with Crippen molar-refractivity contribution in [1.29, 1.82) is 0 Å². The Morgan fingerprint density at radius 2 is 2.15 bits per heavy atom. The average molecular weight is 367 g/mol. The highest BCUT2D eigenvalue weighted by atomic mass is 16.6. The van der Waals surface area contributed by atoms with Gasteiger partial charge in [-0.05, 0) is 91.8 Å². The van der Waals surface area contributed by atoms with Crippen LogP contribution in [0.15, 0.2) is 36.0 Å². The molecule has 5 aliphatic carbocycles. The Bertz CT molecular complexity index is 793. The van der Waals surface area contributed by atoms with E-state index >= 15 is 0 Å². The lowest BCUT2D eigenvalue weighted by molar-refractivity contribution is -0.201. The Balaban J connectivity index is 1.42. The van der Waals surface area contributed by atoms with E-state index in [0.717, 1.165) is 25.2 Å². The number of carbonyl (C=O) groups excluding carboxylic acids is 1. The van der Waals surface area contributed by atoms with Crippen molar-refractivity contribution < 1.29 is 14.6 Å². The molecule has 27 heavy (non-hydrogen) atoms. The lowest BCUT2D eigenvalue weighted by Crippen LogP contribution is -2.56. The second kappa shape index (κ2) is 5.24. The first-order valence-electron chi connectivity index (χ1n) is 11.0. The minimum absolute atomic E-state index is 0.168. The number of hydrogen-bond donors (Lipinski definition) is 1. The molecular weight excluding hydrogens is 336 g/mol. The van der Waals surface area contributed by atoms with E-state index in [1.807, 2.05) is 12.2 Å². The summed E-state index contributed by atoms with van der Waals surface area (Å²) < 4.78 is 6.32. The molecule has 1 aliphatic heterocycles. The van der Waals surface area contributed by atoms with Gasteiger partial charge < -0.3 is 9.84 Å². The molecular formula is C24H30O3. The van der Waals surface area contributed by atoms with Gasteiger partial charge in [0.25, 0.3) is 0 Å². The van der Waals surface area contributed by atoms with Crippen LogP contribution in [0.4, 0.5) is 0 Å². The number of hydrogen-bond acceptors (Lipinski definition) is 3. The summed E-state index contributed by atoms with van der Waals surface area (Å²) in [5.41, 5.74) is 2.44. The second-order valence-corrected chi connectivity index (χ2v) is 10.1. The van der Waals surface area contributed by atoms with Gasteiger partial charge in [-0.25, -0.2) is 0 Å². The minimum atomic E-state index is -0.730. The third kappa shape index (κ3) is 1.88. The Labute approximate surface area is 161 Å². The smallest absolute Gasteiger partial charge is 0.175 e. The summed E-state index contributed by atoms with van der Waals surface area (Å²) >= 11 is 0. The summed E-state index contributed by atoms with van der Waals surface area (Å²) in [7, 11) is 0. The number of fused-ring (bicyclic) bond motifs is 9. The van der Waals surface area contributed by atoms with Crippen molar-refractivity contribution in [1.82, 2.24) is 0 Å². The van der Waals surface area contributed by atoms with Crippen LogP contribution in [-0.4, -0.2) is 22.8 Å². The fourth-order valence-corrected chi connectivity index (χ4v) is 8.62. The van der Waals surface area contributed by atoms with E-state index in [-0.39, 0.29) is 11.0 Å². The number of ketones is 1. The second-order valence-electron chi connectivity index (χ2n) is 10.1. The molecule has 4 fully saturated rings. The van der Waals surface area contributed by atoms with E-state index in [2.05, 4.69) is 19.6 Å². The van der Waals surface area contributed by atoms with Crippen molar-refractivity contribution >= 4 is 5.78 Å². The normalized spacial score (nSPS) is 55.0. The predicted molar refractivity (Wildman–Crippen MR) is 103 cm³/mol. The average Bonchev–Trinajstić information content (AvgIpc) is 3.30. The van der Waals surface area contributed by atoms with Crippen LogP contribution in [0.5, 0.6) is 0 Å². The first-order valence-corrected chi connectivity index (χ1v) is 11.0. The fraction of sp³-hybridized carbons (Fsp3) is 0.708. The zero-order valence-electron chi connectivity index (χ0n) is 16.2. The predicted octanol–water partition coefficient (Wildman–Crippen LogP) is 4.18. The van der Waals surface area contributed by atoms with Gasteiger partial charge >= 0.3 is 0 Å². The molecule has 4 unspecified atom stereocenters. The van der Waals surface area contributed by atoms with E-state index in [1.165, 1.54) is 30.4 Å². The maximum absolute atomic E-state index is 12.0. The van der Waals surface area contributed by atoms with Crippen LogP contribution in [0.1, 0.15) is 51.9 Å². The minimum Gasteiger partial charge on any atom is -0.365 e. The summed E-state index contributed by atoms with van der Waals surface area (Å²) in [6.07, 6.45) is 12.9. The third-order valence-corrected chi connectivity index (χ3v) is 9.48. The molecule has 0 aromatic rings. The molecule has 0 bridgehead atoms. The van der Waals surface area contributed by atoms with E-state index in [0.29, 0.717) is 41.8 Å². The van der Waals surface area contributed by atoms with Crippen molar-refractivity contribution in [3.63, 3.8) is 0 Å². The highest BCUT2D eigenvalue weighted by Crippen LogP contribution is 2.78. The maximum atomic E-state index is 12.0. The van der Waals surface area contributed by atoms with Crippen LogP contribution in [0.2, 0.25) is 0 Å². The molecule has 1 spiro atoms. The standard InChI is InChI=1S/C24H30O3/c1-3-23-8-6-16-15-5-4-14(25)11-17(15)13(2)10-18(16)22(23)19-12-20(19)24(23)9-7-21(26)27-24/h7,9,11,15-16,18-22,26H,2-6,8,10,12H2,1H3/t15-,16?,18?,19+,20-,21?,22?,23+,24+/m1/s1. The first-order chi connectivity index (χ1) is 13.0. The SMILES string of the molecule is C=C1CC2C(CC[C@@]3(CC)C2[C@H]2C[C@H]2[C@@]32C=CC(O)O2)[C@H]2CCC(=O)C=C12. The largest absolute Gasteiger partial charge is 0.365 e. The van der Waals surface area contributed by atoms with Crippen LogP contribution < -0.4 is 0 Å². The van der Waals surface area contributed by atoms with Crippen LogP contribution in [0, 0.1) is 40.9 Å². The van der Waals surface area contributed by atoms with Gasteiger partial charge in [-0.1, -0.05) is 25.2 Å². The van der Waals surface area contributed by atoms with Gasteiger partial charge in [-0.15, -0.1) is 0 Å². The van der Waals surface area contributed by atoms with Crippen LogP contribution in [0.25, 0.3) is 0 Å². The van der Waals surface area contributed by atoms with Gasteiger partial charge in [-0.2, -0.15) is 0 Å². The van der Waals surface area contributed by atoms with Crippen molar-refractivity contribution in [3.8, 4) is 0 Å². The summed E-state index contributed by atoms with van der Waals surface area (Å²) in [5.74, 6) is 4.22. The highest BCUT2D eigenvalue weighted by Gasteiger charge is 2.78. The summed E-state index contributed by atoms with van der Waals surface area (Å²) in [4.78, 5) is 12.0. The van der Waals surface area contributed by atoms with E-state index in [1.54, 1.807) is 0 Å². The van der Waals surface area contributed by atoms with Crippen LogP contribution >= 0.6 is 0 Å². The van der Waals surface area contributed by atoms with Crippen molar-refractivity contribution in [3.05, 3.63) is 36.0 Å². The van der Waals surface area contributed by atoms with Gasteiger partial charge in [0.05, 0.1) is 5.60 Å². The fourth-order valence-electron chi connectivity index (χ4n) is 8.62. The molecule has 1 N–H and O–H groups in total. The number of allylic oxidation sites excluding steroid dienone is 2. The zero-order chi connectivity index (χ0) is 18.6. The molecule has 0 radical (unpaired) electrons. The molecule has 6 aliphatic rings. The highest BCUT2D eigenvalue weighted by molar-refractivity contribution is 5.92. The monoisotopic (exact) mass is 366 g/mol. The molecule has 0 aromatic carbocycles. The number of rotatable bonds is 1. The molecule has 6 rings (SSSR count). The van der Waals surface area contributed by atoms with E-state index in [9.17, 15) is 9.90 Å². The Hall–Kier alpha value is -1.19. The van der Waals surface area contributed by atoms with E-state index < -0.39 is 6.29 Å². The summed E-state index contributed by atoms with van der Waals surface area (Å²) in [6.45, 7) is 6.76. The van der Waals surface area contributed by atoms with Crippen molar-refractivity contribution in [2.75, 3.05) is 0 Å². The summed E-state index contributed by atoms with van der Waals surface area (Å²) in [5, 5.41) is 10.2. The summed E-state index contributed by atoms with van der Waals surface area (Å²) in [6, 6.07) is 0. The molecule has 9 atom stereocenters. The zero-order valence-corrected chi connectivity index (χ0v) is 16.2. The van der Waals surface area contributed by atoms with Gasteiger partial charge in [0.1, 0.15) is 0 Å². The first kappa shape index (κ1) is 16.7. The van der Waals surface area contributed by atoms with Crippen LogP contribution in [0.3, 0.4) is 0 Å². The van der Waals surface area contributed by atoms with Crippen LogP contribution in [-0.2, 0) is 9.53 Å². The maximum Gasteiger partial charge on any atom is 0.175 e. The van der Waals surface area contributed by atoms with Gasteiger partial charge in [0, 0.05) is 11.8 Å². The molecule has 4 saturated carbocycles. The van der Waals surface area contributed by atoms with Crippen molar-refractivity contribution in [2.24, 2.45) is 40.9 Å². The molecule has 3 nitrogen and oxygen atoms in total. The third-order valence-electron chi connectivity index (χ3n) is 9.48. The topological polar surface area (TPSA) is 46.5 Å². The lowest BCUT2D eigenvalue weighted by Gasteiger charge is -2.58. The number of aliphatic hydroxyl groups excluding tert-OH is 1. The number of carbonyl (C=O) groups is 1. The Morgan fingerprint density at radius 3 is 2.89 bits per heavy atom. The molecule has 1 heterocycles. The molecule has 0 aromatic heterocycles. The molecule has 144 valence electrons. The Morgan fingerprint density at radius 1 is 1.30 bits per heavy atom. The van der Waals surface area contributed by atoms with Gasteiger partial charge in [0.2, 0.25) is 0 Å². The number of aliphatic hydroxyl groups is 1. The van der Waals surface area contributed by atoms with Gasteiger partial charge in [-0.3, -0.25) is 4.79 Å². The molecule has 0 amide bonds. The lowest BCUT2D eigenvalue weighted by atomic mass is 9.47. The molecule has 0 saturated heterocycles. The van der Waals surface area contributed by atoms with Crippen molar-refractivity contribution in [2.45, 2.75) is 63.8 Å². The Kier molecular flexibility index (Phi) is 3.25.